The molecule has 1 heterocycles. The summed E-state index contributed by atoms with van der Waals surface area (Å²) in [5.41, 5.74) is 0.935. The molecule has 0 saturated carbocycles. The first-order valence-corrected chi connectivity index (χ1v) is 9.73. The summed E-state index contributed by atoms with van der Waals surface area (Å²) in [5.74, 6) is -1.34. The van der Waals surface area contributed by atoms with E-state index in [0.29, 0.717) is 16.3 Å². The number of esters is 1. The molecule has 2 aromatic rings. The summed E-state index contributed by atoms with van der Waals surface area (Å²) < 4.78 is 5.06. The number of anilines is 2. The van der Waals surface area contributed by atoms with Crippen molar-refractivity contribution in [3.05, 3.63) is 44.2 Å². The van der Waals surface area contributed by atoms with E-state index >= 15 is 0 Å². The first-order valence-electron chi connectivity index (χ1n) is 8.15. The number of amides is 2. The van der Waals surface area contributed by atoms with Gasteiger partial charge in [-0.2, -0.15) is 0 Å². The van der Waals surface area contributed by atoms with Crippen LogP contribution in [0.3, 0.4) is 0 Å². The molecule has 0 atom stereocenters. The van der Waals surface area contributed by atoms with Crippen LogP contribution >= 0.6 is 34.5 Å². The number of nitrogens with one attached hydrogen (secondary N) is 2. The highest BCUT2D eigenvalue weighted by Gasteiger charge is 2.26. The third kappa shape index (κ3) is 4.80. The van der Waals surface area contributed by atoms with Gasteiger partial charge >= 0.3 is 5.97 Å². The molecule has 1 aromatic heterocycles. The molecule has 0 fully saturated rings. The van der Waals surface area contributed by atoms with Gasteiger partial charge in [0, 0.05) is 6.42 Å². The van der Waals surface area contributed by atoms with Crippen molar-refractivity contribution in [1.82, 2.24) is 0 Å². The molecule has 0 saturated heterocycles. The van der Waals surface area contributed by atoms with Gasteiger partial charge in [0.25, 0.3) is 5.91 Å². The topological polar surface area (TPSA) is 84.5 Å². The number of carbonyl (C=O) groups is 3. The Hall–Kier alpha value is -2.09. The maximum atomic E-state index is 12.7. The van der Waals surface area contributed by atoms with Crippen LogP contribution in [0.2, 0.25) is 10.0 Å². The average molecular weight is 429 g/mol. The van der Waals surface area contributed by atoms with Gasteiger partial charge in [0.2, 0.25) is 5.91 Å². The molecule has 1 aromatic carbocycles. The zero-order chi connectivity index (χ0) is 20.1. The Bertz CT molecular complexity index is 896. The standard InChI is InChI=1S/C18H18Cl2N2O4S/c1-4-12(23)22-17-13(18(25)26-5-2)9(3)15(27-17)16(24)21-11-8-6-7-10(19)14(11)20/h6-8H,4-5H2,1-3H3,(H,21,24)(H,22,23). The van der Waals surface area contributed by atoms with Crippen LogP contribution in [-0.2, 0) is 9.53 Å². The zero-order valence-corrected chi connectivity index (χ0v) is 17.3. The Labute approximate surface area is 170 Å². The maximum Gasteiger partial charge on any atom is 0.341 e. The average Bonchev–Trinajstić information content (AvgIpc) is 2.95. The Morgan fingerprint density at radius 3 is 2.48 bits per heavy atom. The Kier molecular flexibility index (Phi) is 7.24. The predicted molar refractivity (Wildman–Crippen MR) is 108 cm³/mol. The summed E-state index contributed by atoms with van der Waals surface area (Å²) in [7, 11) is 0. The molecule has 2 N–H and O–H groups in total. The van der Waals surface area contributed by atoms with Gasteiger partial charge in [-0.25, -0.2) is 4.79 Å². The van der Waals surface area contributed by atoms with Gasteiger partial charge in [0.15, 0.2) is 0 Å². The van der Waals surface area contributed by atoms with Crippen LogP contribution in [0, 0.1) is 6.92 Å². The summed E-state index contributed by atoms with van der Waals surface area (Å²) in [6.07, 6.45) is 0.235. The Morgan fingerprint density at radius 1 is 1.15 bits per heavy atom. The van der Waals surface area contributed by atoms with Gasteiger partial charge in [-0.05, 0) is 31.5 Å². The lowest BCUT2D eigenvalue weighted by molar-refractivity contribution is -0.115. The van der Waals surface area contributed by atoms with Crippen molar-refractivity contribution in [2.45, 2.75) is 27.2 Å². The molecule has 0 aliphatic heterocycles. The fraction of sp³-hybridized carbons (Fsp3) is 0.278. The molecular weight excluding hydrogens is 411 g/mol. The van der Waals surface area contributed by atoms with Crippen LogP contribution in [0.25, 0.3) is 0 Å². The highest BCUT2D eigenvalue weighted by molar-refractivity contribution is 7.19. The van der Waals surface area contributed by atoms with Gasteiger partial charge in [-0.3, -0.25) is 9.59 Å². The van der Waals surface area contributed by atoms with Crippen LogP contribution < -0.4 is 10.6 Å². The van der Waals surface area contributed by atoms with Gasteiger partial charge in [-0.1, -0.05) is 36.2 Å². The molecule has 0 bridgehead atoms. The molecule has 27 heavy (non-hydrogen) atoms. The largest absolute Gasteiger partial charge is 0.462 e. The molecule has 6 nitrogen and oxygen atoms in total. The van der Waals surface area contributed by atoms with Crippen LogP contribution in [0.1, 0.15) is 45.9 Å². The number of halogens is 2. The molecule has 0 aliphatic carbocycles. The number of rotatable bonds is 6. The van der Waals surface area contributed by atoms with Crippen molar-refractivity contribution in [3.8, 4) is 0 Å². The van der Waals surface area contributed by atoms with E-state index in [0.717, 1.165) is 11.3 Å². The van der Waals surface area contributed by atoms with E-state index in [1.54, 1.807) is 39.0 Å². The second-order valence-electron chi connectivity index (χ2n) is 5.44. The molecule has 144 valence electrons. The van der Waals surface area contributed by atoms with Crippen molar-refractivity contribution >= 4 is 63.0 Å². The van der Waals surface area contributed by atoms with Crippen molar-refractivity contribution in [2.24, 2.45) is 0 Å². The number of carbonyl (C=O) groups excluding carboxylic acids is 3. The number of ether oxygens (including phenoxy) is 1. The molecule has 2 amide bonds. The summed E-state index contributed by atoms with van der Waals surface area (Å²) >= 11 is 13.1. The zero-order valence-electron chi connectivity index (χ0n) is 14.9. The normalized spacial score (nSPS) is 10.4. The molecule has 0 aliphatic rings. The van der Waals surface area contributed by atoms with Crippen molar-refractivity contribution in [3.63, 3.8) is 0 Å². The first-order chi connectivity index (χ1) is 12.8. The van der Waals surface area contributed by atoms with Crippen molar-refractivity contribution in [2.75, 3.05) is 17.2 Å². The van der Waals surface area contributed by atoms with Crippen molar-refractivity contribution in [1.29, 1.82) is 0 Å². The lowest BCUT2D eigenvalue weighted by Crippen LogP contribution is -2.14. The minimum absolute atomic E-state index is 0.172. The Morgan fingerprint density at radius 2 is 1.85 bits per heavy atom. The highest BCUT2D eigenvalue weighted by Crippen LogP contribution is 2.35. The van der Waals surface area contributed by atoms with Crippen molar-refractivity contribution < 1.29 is 19.1 Å². The Balaban J connectivity index is 2.42. The van der Waals surface area contributed by atoms with E-state index in [9.17, 15) is 14.4 Å². The molecule has 0 unspecified atom stereocenters. The van der Waals surface area contributed by atoms with E-state index in [1.165, 1.54) is 0 Å². The first kappa shape index (κ1) is 21.2. The van der Waals surface area contributed by atoms with Crippen LogP contribution in [0.5, 0.6) is 0 Å². The van der Waals surface area contributed by atoms with Gasteiger partial charge in [0.05, 0.1) is 32.8 Å². The number of hydrogen-bond acceptors (Lipinski definition) is 5. The second kappa shape index (κ2) is 9.21. The fourth-order valence-corrected chi connectivity index (χ4v) is 3.72. The summed E-state index contributed by atoms with van der Waals surface area (Å²) in [5, 5.41) is 6.13. The number of thiophene rings is 1. The monoisotopic (exact) mass is 428 g/mol. The van der Waals surface area contributed by atoms with E-state index in [1.807, 2.05) is 0 Å². The summed E-state index contributed by atoms with van der Waals surface area (Å²) in [6, 6.07) is 4.87. The van der Waals surface area contributed by atoms with Gasteiger partial charge < -0.3 is 15.4 Å². The third-order valence-corrected chi connectivity index (χ3v) is 5.63. The molecule has 9 heteroatoms. The molecule has 0 spiro atoms. The SMILES string of the molecule is CCOC(=O)c1c(NC(=O)CC)sc(C(=O)Nc2cccc(Cl)c2Cl)c1C. The second-order valence-corrected chi connectivity index (χ2v) is 7.24. The lowest BCUT2D eigenvalue weighted by atomic mass is 10.1. The quantitative estimate of drug-likeness (QED) is 0.623. The van der Waals surface area contributed by atoms with E-state index in [4.69, 9.17) is 27.9 Å². The van der Waals surface area contributed by atoms with Crippen LogP contribution in [0.4, 0.5) is 10.7 Å². The summed E-state index contributed by atoms with van der Waals surface area (Å²) in [4.78, 5) is 37.1. The smallest absolute Gasteiger partial charge is 0.341 e. The van der Waals surface area contributed by atoms with Crippen LogP contribution in [-0.4, -0.2) is 24.4 Å². The molecular formula is C18H18Cl2N2O4S. The molecule has 0 radical (unpaired) electrons. The van der Waals surface area contributed by atoms with Crippen LogP contribution in [0.15, 0.2) is 18.2 Å². The minimum Gasteiger partial charge on any atom is -0.462 e. The molecule has 2 rings (SSSR count). The predicted octanol–water partition coefficient (Wildman–Crippen LogP) is 5.14. The van der Waals surface area contributed by atoms with Gasteiger partial charge in [-0.15, -0.1) is 11.3 Å². The van der Waals surface area contributed by atoms with Gasteiger partial charge in [0.1, 0.15) is 5.00 Å². The number of hydrogen-bond donors (Lipinski definition) is 2. The third-order valence-electron chi connectivity index (χ3n) is 3.61. The highest BCUT2D eigenvalue weighted by atomic mass is 35.5. The van der Waals surface area contributed by atoms with E-state index < -0.39 is 11.9 Å². The van der Waals surface area contributed by atoms with E-state index in [-0.39, 0.29) is 39.4 Å². The van der Waals surface area contributed by atoms with E-state index in [2.05, 4.69) is 10.6 Å². The fourth-order valence-electron chi connectivity index (χ4n) is 2.26. The maximum absolute atomic E-state index is 12.7. The lowest BCUT2D eigenvalue weighted by Gasteiger charge is -2.08. The summed E-state index contributed by atoms with van der Waals surface area (Å²) in [6.45, 7) is 5.17. The number of benzene rings is 1. The minimum atomic E-state index is -0.600.